The summed E-state index contributed by atoms with van der Waals surface area (Å²) in [6.45, 7) is 8.42. The summed E-state index contributed by atoms with van der Waals surface area (Å²) in [6, 6.07) is 14.0. The number of hydrogen-bond acceptors (Lipinski definition) is 7. The van der Waals surface area contributed by atoms with Crippen LogP contribution < -0.4 is 20.3 Å². The van der Waals surface area contributed by atoms with Crippen LogP contribution in [0.3, 0.4) is 0 Å². The first-order valence-corrected chi connectivity index (χ1v) is 9.54. The van der Waals surface area contributed by atoms with Gasteiger partial charge in [-0.15, -0.1) is 0 Å². The molecule has 162 valence electrons. The fraction of sp³-hybridized carbons (Fsp3) is 0.0870. The first-order valence-electron chi connectivity index (χ1n) is 9.54. The van der Waals surface area contributed by atoms with Crippen LogP contribution in [0.2, 0.25) is 0 Å². The number of hydrogen-bond donors (Lipinski definition) is 2. The molecule has 0 aliphatic carbocycles. The topological polar surface area (TPSA) is 109 Å². The Morgan fingerprint density at radius 2 is 1.88 bits per heavy atom. The second kappa shape index (κ2) is 9.98. The van der Waals surface area contributed by atoms with Crippen molar-refractivity contribution < 1.29 is 14.3 Å². The largest absolute Gasteiger partial charge is 0.497 e. The Hall–Kier alpha value is -4.53. The lowest BCUT2D eigenvalue weighted by Crippen LogP contribution is -2.24. The van der Waals surface area contributed by atoms with Crippen molar-refractivity contribution in [3.8, 4) is 5.75 Å². The van der Waals surface area contributed by atoms with Crippen molar-refractivity contribution in [3.63, 3.8) is 0 Å². The van der Waals surface area contributed by atoms with E-state index in [1.165, 1.54) is 24.1 Å². The minimum atomic E-state index is -0.321. The van der Waals surface area contributed by atoms with E-state index in [-0.39, 0.29) is 23.6 Å². The number of aliphatic imine (C=N–C) groups is 1. The zero-order valence-electron chi connectivity index (χ0n) is 17.7. The van der Waals surface area contributed by atoms with Gasteiger partial charge in [0, 0.05) is 18.3 Å². The third-order valence-corrected chi connectivity index (χ3v) is 4.35. The van der Waals surface area contributed by atoms with Gasteiger partial charge >= 0.3 is 0 Å². The zero-order chi connectivity index (χ0) is 23.1. The van der Waals surface area contributed by atoms with Crippen LogP contribution in [-0.4, -0.2) is 35.6 Å². The number of carbonyl (C=O) groups is 2. The van der Waals surface area contributed by atoms with Gasteiger partial charge in [-0.2, -0.15) is 4.98 Å². The van der Waals surface area contributed by atoms with Crippen LogP contribution in [0.5, 0.6) is 5.75 Å². The second-order valence-corrected chi connectivity index (χ2v) is 6.51. The lowest BCUT2D eigenvalue weighted by atomic mass is 10.2. The van der Waals surface area contributed by atoms with Crippen LogP contribution in [0.15, 0.2) is 72.4 Å². The number of amides is 2. The maximum Gasteiger partial charge on any atom is 0.247 e. The van der Waals surface area contributed by atoms with Crippen LogP contribution in [0, 0.1) is 0 Å². The number of anilines is 5. The highest BCUT2D eigenvalue weighted by atomic mass is 16.5. The molecule has 32 heavy (non-hydrogen) atoms. The SMILES string of the molecule is C=CC(=O)Nc1cccc(Nc2ncc(N=C)c(N(C(C)=O)c3ccc(OC)cc3)n2)c1. The Kier molecular flexibility index (Phi) is 6.92. The molecule has 3 rings (SSSR count). The van der Waals surface area contributed by atoms with Crippen LogP contribution in [0.1, 0.15) is 6.92 Å². The van der Waals surface area contributed by atoms with E-state index >= 15 is 0 Å². The van der Waals surface area contributed by atoms with Crippen molar-refractivity contribution in [2.45, 2.75) is 6.92 Å². The van der Waals surface area contributed by atoms with Gasteiger partial charge in [0.15, 0.2) is 5.82 Å². The first kappa shape index (κ1) is 22.2. The molecule has 0 atom stereocenters. The van der Waals surface area contributed by atoms with Gasteiger partial charge in [-0.05, 0) is 55.3 Å². The van der Waals surface area contributed by atoms with Crippen LogP contribution >= 0.6 is 0 Å². The minimum absolute atomic E-state index is 0.236. The van der Waals surface area contributed by atoms with Gasteiger partial charge in [-0.1, -0.05) is 12.6 Å². The summed E-state index contributed by atoms with van der Waals surface area (Å²) in [7, 11) is 1.57. The van der Waals surface area contributed by atoms with Gasteiger partial charge in [0.25, 0.3) is 0 Å². The summed E-state index contributed by atoms with van der Waals surface area (Å²) in [4.78, 5) is 38.2. The molecule has 0 saturated heterocycles. The summed E-state index contributed by atoms with van der Waals surface area (Å²) < 4.78 is 5.19. The van der Waals surface area contributed by atoms with E-state index in [9.17, 15) is 9.59 Å². The van der Waals surface area contributed by atoms with Crippen molar-refractivity contribution in [3.05, 3.63) is 67.4 Å². The molecule has 3 aromatic rings. The zero-order valence-corrected chi connectivity index (χ0v) is 17.7. The molecule has 2 amide bonds. The standard InChI is InChI=1S/C23H22N6O3/c1-5-21(31)26-16-7-6-8-17(13-16)27-23-25-14-20(24-3)22(28-23)29(15(2)30)18-9-11-19(32-4)12-10-18/h5-14H,1,3H2,2,4H3,(H,26,31)(H,25,27,28). The summed E-state index contributed by atoms with van der Waals surface area (Å²) >= 11 is 0. The molecule has 2 N–H and O–H groups in total. The third kappa shape index (κ3) is 5.14. The van der Waals surface area contributed by atoms with Crippen LogP contribution in [-0.2, 0) is 9.59 Å². The molecule has 9 nitrogen and oxygen atoms in total. The number of carbonyl (C=O) groups excluding carboxylic acids is 2. The van der Waals surface area contributed by atoms with Gasteiger partial charge < -0.3 is 15.4 Å². The third-order valence-electron chi connectivity index (χ3n) is 4.35. The number of rotatable bonds is 8. The lowest BCUT2D eigenvalue weighted by Gasteiger charge is -2.22. The maximum atomic E-state index is 12.5. The van der Waals surface area contributed by atoms with Gasteiger partial charge in [-0.3, -0.25) is 19.5 Å². The monoisotopic (exact) mass is 430 g/mol. The molecular weight excluding hydrogens is 408 g/mol. The Morgan fingerprint density at radius 1 is 1.16 bits per heavy atom. The molecule has 0 aliphatic heterocycles. The van der Waals surface area contributed by atoms with Crippen LogP contribution in [0.25, 0.3) is 0 Å². The number of ether oxygens (including phenoxy) is 1. The molecule has 0 aliphatic rings. The molecule has 0 bridgehead atoms. The molecule has 2 aromatic carbocycles. The Morgan fingerprint density at radius 3 is 2.50 bits per heavy atom. The van der Waals surface area contributed by atoms with E-state index < -0.39 is 0 Å². The van der Waals surface area contributed by atoms with Gasteiger partial charge in [-0.25, -0.2) is 4.98 Å². The highest BCUT2D eigenvalue weighted by Gasteiger charge is 2.20. The van der Waals surface area contributed by atoms with Crippen molar-refractivity contribution >= 4 is 53.0 Å². The summed E-state index contributed by atoms with van der Waals surface area (Å²) in [5.74, 6) is 0.580. The fourth-order valence-corrected chi connectivity index (χ4v) is 2.88. The predicted molar refractivity (Wildman–Crippen MR) is 126 cm³/mol. The van der Waals surface area contributed by atoms with Gasteiger partial charge in [0.1, 0.15) is 11.4 Å². The summed E-state index contributed by atoms with van der Waals surface area (Å²) in [5.41, 5.74) is 2.14. The molecular formula is C23H22N6O3. The van der Waals surface area contributed by atoms with Crippen molar-refractivity contribution in [1.29, 1.82) is 0 Å². The number of methoxy groups -OCH3 is 1. The van der Waals surface area contributed by atoms with E-state index in [1.807, 2.05) is 0 Å². The quantitative estimate of drug-likeness (QED) is 0.406. The second-order valence-electron chi connectivity index (χ2n) is 6.51. The maximum absolute atomic E-state index is 12.5. The van der Waals surface area contributed by atoms with Crippen LogP contribution in [0.4, 0.5) is 34.5 Å². The lowest BCUT2D eigenvalue weighted by molar-refractivity contribution is -0.116. The molecule has 0 spiro atoms. The Balaban J connectivity index is 1.96. The van der Waals surface area contributed by atoms with Crippen molar-refractivity contribution in [2.75, 3.05) is 22.6 Å². The summed E-state index contributed by atoms with van der Waals surface area (Å²) in [5, 5.41) is 5.76. The van der Waals surface area contributed by atoms with Gasteiger partial charge in [0.2, 0.25) is 17.8 Å². The highest BCUT2D eigenvalue weighted by molar-refractivity contribution is 6.01. The van der Waals surface area contributed by atoms with E-state index in [0.29, 0.717) is 28.5 Å². The van der Waals surface area contributed by atoms with Crippen molar-refractivity contribution in [1.82, 2.24) is 9.97 Å². The number of nitrogens with zero attached hydrogens (tertiary/aromatic N) is 4. The smallest absolute Gasteiger partial charge is 0.247 e. The molecule has 1 heterocycles. The number of nitrogens with one attached hydrogen (secondary N) is 2. The molecule has 9 heteroatoms. The van der Waals surface area contributed by atoms with Gasteiger partial charge in [0.05, 0.1) is 19.0 Å². The normalized spacial score (nSPS) is 10.1. The van der Waals surface area contributed by atoms with Crippen molar-refractivity contribution in [2.24, 2.45) is 4.99 Å². The highest BCUT2D eigenvalue weighted by Crippen LogP contribution is 2.34. The van der Waals surface area contributed by atoms with E-state index in [1.54, 1.807) is 55.6 Å². The van der Waals surface area contributed by atoms with E-state index in [0.717, 1.165) is 0 Å². The van der Waals surface area contributed by atoms with E-state index in [2.05, 4.69) is 38.9 Å². The molecule has 0 radical (unpaired) electrons. The Labute approximate surface area is 185 Å². The molecule has 1 aromatic heterocycles. The number of benzene rings is 2. The average molecular weight is 430 g/mol. The minimum Gasteiger partial charge on any atom is -0.497 e. The summed E-state index contributed by atoms with van der Waals surface area (Å²) in [6.07, 6.45) is 2.66. The van der Waals surface area contributed by atoms with E-state index in [4.69, 9.17) is 4.74 Å². The fourth-order valence-electron chi connectivity index (χ4n) is 2.88. The Bertz CT molecular complexity index is 1160. The predicted octanol–water partition coefficient (Wildman–Crippen LogP) is 4.37. The average Bonchev–Trinajstić information content (AvgIpc) is 2.80. The molecule has 0 saturated carbocycles. The number of aromatic nitrogens is 2. The molecule has 0 fully saturated rings. The first-order chi connectivity index (χ1) is 15.4. The molecule has 0 unspecified atom stereocenters.